The molecule has 2 amide bonds. The van der Waals surface area contributed by atoms with Crippen LogP contribution in [0.1, 0.15) is 37.3 Å². The Labute approximate surface area is 182 Å². The summed E-state index contributed by atoms with van der Waals surface area (Å²) >= 11 is 0. The summed E-state index contributed by atoms with van der Waals surface area (Å²) < 4.78 is 5.52. The lowest BCUT2D eigenvalue weighted by atomic mass is 9.86. The first-order valence-electron chi connectivity index (χ1n) is 10.3. The summed E-state index contributed by atoms with van der Waals surface area (Å²) in [6, 6.07) is 16.2. The van der Waals surface area contributed by atoms with Gasteiger partial charge in [0.1, 0.15) is 13.2 Å². The van der Waals surface area contributed by atoms with Gasteiger partial charge in [-0.25, -0.2) is 4.79 Å². The van der Waals surface area contributed by atoms with Crippen molar-refractivity contribution in [2.24, 2.45) is 5.41 Å². The van der Waals surface area contributed by atoms with Gasteiger partial charge in [0.15, 0.2) is 0 Å². The summed E-state index contributed by atoms with van der Waals surface area (Å²) in [5.74, 6) is -1.46. The molecule has 2 aromatic carbocycles. The number of carbonyl (C=O) groups excluding carboxylic acids is 2. The zero-order valence-corrected chi connectivity index (χ0v) is 18.1. The number of carboxylic acid groups (broad SMARTS) is 1. The third-order valence-electron chi connectivity index (χ3n) is 5.98. The number of aliphatic carboxylic acids is 1. The van der Waals surface area contributed by atoms with Crippen LogP contribution in [-0.2, 0) is 14.3 Å². The number of rotatable bonds is 8. The zero-order valence-electron chi connectivity index (χ0n) is 18.1. The first-order valence-corrected chi connectivity index (χ1v) is 10.3. The Bertz CT molecular complexity index is 944. The molecule has 0 heterocycles. The first-order chi connectivity index (χ1) is 14.8. The Morgan fingerprint density at radius 3 is 2.13 bits per heavy atom. The number of carboxylic acids is 1. The van der Waals surface area contributed by atoms with Crippen LogP contribution in [-0.4, -0.2) is 54.7 Å². The quantitative estimate of drug-likeness (QED) is 0.676. The predicted molar refractivity (Wildman–Crippen MR) is 117 cm³/mol. The number of alkyl carbamates (subject to hydrolysis) is 1. The van der Waals surface area contributed by atoms with Crippen LogP contribution in [0.5, 0.6) is 0 Å². The molecule has 3 rings (SSSR count). The maximum Gasteiger partial charge on any atom is 0.407 e. The molecule has 0 radical (unpaired) electrons. The second kappa shape index (κ2) is 9.20. The minimum absolute atomic E-state index is 0.0426. The smallest absolute Gasteiger partial charge is 0.407 e. The molecule has 2 N–H and O–H groups in total. The summed E-state index contributed by atoms with van der Waals surface area (Å²) in [4.78, 5) is 37.1. The van der Waals surface area contributed by atoms with Crippen molar-refractivity contribution in [3.63, 3.8) is 0 Å². The minimum Gasteiger partial charge on any atom is -0.480 e. The van der Waals surface area contributed by atoms with Crippen LogP contribution >= 0.6 is 0 Å². The van der Waals surface area contributed by atoms with Gasteiger partial charge in [-0.2, -0.15) is 0 Å². The van der Waals surface area contributed by atoms with E-state index in [0.29, 0.717) is 6.42 Å². The second-order valence-electron chi connectivity index (χ2n) is 8.15. The van der Waals surface area contributed by atoms with Crippen LogP contribution in [0.15, 0.2) is 48.5 Å². The third-order valence-corrected chi connectivity index (χ3v) is 5.98. The normalized spacial score (nSPS) is 14.2. The molecule has 2 aromatic rings. The number of hydrogen-bond acceptors (Lipinski definition) is 4. The van der Waals surface area contributed by atoms with E-state index in [1.807, 2.05) is 43.3 Å². The van der Waals surface area contributed by atoms with Crippen molar-refractivity contribution in [1.82, 2.24) is 10.2 Å². The molecule has 1 aliphatic rings. The number of ether oxygens (including phenoxy) is 1. The Kier molecular flexibility index (Phi) is 6.63. The lowest BCUT2D eigenvalue weighted by Crippen LogP contribution is -2.48. The number of amides is 2. The van der Waals surface area contributed by atoms with Crippen molar-refractivity contribution >= 4 is 18.0 Å². The Morgan fingerprint density at radius 1 is 1.06 bits per heavy atom. The lowest BCUT2D eigenvalue weighted by molar-refractivity contribution is -0.148. The van der Waals surface area contributed by atoms with E-state index in [9.17, 15) is 14.4 Å². The second-order valence-corrected chi connectivity index (χ2v) is 8.15. The van der Waals surface area contributed by atoms with Crippen LogP contribution in [0.3, 0.4) is 0 Å². The van der Waals surface area contributed by atoms with Crippen LogP contribution < -0.4 is 5.32 Å². The predicted octanol–water partition coefficient (Wildman–Crippen LogP) is 3.48. The van der Waals surface area contributed by atoms with E-state index in [-0.39, 0.29) is 31.5 Å². The molecule has 7 nitrogen and oxygen atoms in total. The van der Waals surface area contributed by atoms with Crippen molar-refractivity contribution in [3.05, 3.63) is 59.7 Å². The van der Waals surface area contributed by atoms with Gasteiger partial charge in [0.25, 0.3) is 0 Å². The maximum atomic E-state index is 12.7. The highest BCUT2D eigenvalue weighted by atomic mass is 16.5. The standard InChI is InChI=1S/C24H28N2O5/c1-4-24(2,22(29)26(3)13-21(27)28)15-25-23(30)31-14-20-18-11-7-5-9-16(18)17-10-6-8-12-19(17)20/h5-12,20H,4,13-15H2,1-3H3,(H,25,30)(H,27,28). The monoisotopic (exact) mass is 424 g/mol. The van der Waals surface area contributed by atoms with Crippen LogP contribution in [0.2, 0.25) is 0 Å². The summed E-state index contributed by atoms with van der Waals surface area (Å²) in [5.41, 5.74) is 3.63. The fourth-order valence-corrected chi connectivity index (χ4v) is 4.00. The number of fused-ring (bicyclic) bond motifs is 3. The highest BCUT2D eigenvalue weighted by molar-refractivity contribution is 5.86. The van der Waals surface area contributed by atoms with Gasteiger partial charge in [0.2, 0.25) is 5.91 Å². The maximum absolute atomic E-state index is 12.7. The van der Waals surface area contributed by atoms with E-state index in [4.69, 9.17) is 9.84 Å². The van der Waals surface area contributed by atoms with E-state index in [1.54, 1.807) is 6.92 Å². The first kappa shape index (κ1) is 22.3. The molecule has 0 spiro atoms. The fourth-order valence-electron chi connectivity index (χ4n) is 4.00. The Morgan fingerprint density at radius 2 is 1.61 bits per heavy atom. The molecule has 164 valence electrons. The van der Waals surface area contributed by atoms with Gasteiger partial charge in [0, 0.05) is 19.5 Å². The van der Waals surface area contributed by atoms with E-state index < -0.39 is 17.5 Å². The molecule has 1 aliphatic carbocycles. The van der Waals surface area contributed by atoms with Crippen molar-refractivity contribution in [2.45, 2.75) is 26.2 Å². The number of nitrogens with zero attached hydrogens (tertiary/aromatic N) is 1. The average Bonchev–Trinajstić information content (AvgIpc) is 3.09. The molecule has 1 atom stereocenters. The van der Waals surface area contributed by atoms with Gasteiger partial charge >= 0.3 is 12.1 Å². The van der Waals surface area contributed by atoms with E-state index in [0.717, 1.165) is 27.2 Å². The molecule has 0 aromatic heterocycles. The Hall–Kier alpha value is -3.35. The molecule has 0 saturated heterocycles. The number of carbonyl (C=O) groups is 3. The SMILES string of the molecule is CCC(C)(CNC(=O)OCC1c2ccccc2-c2ccccc21)C(=O)N(C)CC(=O)O. The summed E-state index contributed by atoms with van der Waals surface area (Å²) in [6.45, 7) is 3.39. The molecule has 0 fully saturated rings. The molecular formula is C24H28N2O5. The molecule has 1 unspecified atom stereocenters. The molecule has 7 heteroatoms. The summed E-state index contributed by atoms with van der Waals surface area (Å²) in [5, 5.41) is 11.6. The summed E-state index contributed by atoms with van der Waals surface area (Å²) in [7, 11) is 1.44. The van der Waals surface area contributed by atoms with Gasteiger partial charge in [-0.1, -0.05) is 55.5 Å². The molecular weight excluding hydrogens is 396 g/mol. The van der Waals surface area contributed by atoms with Crippen molar-refractivity contribution in [3.8, 4) is 11.1 Å². The van der Waals surface area contributed by atoms with Crippen LogP contribution in [0.4, 0.5) is 4.79 Å². The van der Waals surface area contributed by atoms with Crippen molar-refractivity contribution in [1.29, 1.82) is 0 Å². The highest BCUT2D eigenvalue weighted by Crippen LogP contribution is 2.44. The zero-order chi connectivity index (χ0) is 22.6. The molecule has 0 bridgehead atoms. The van der Waals surface area contributed by atoms with Crippen molar-refractivity contribution in [2.75, 3.05) is 26.7 Å². The molecule has 0 aliphatic heterocycles. The topological polar surface area (TPSA) is 95.9 Å². The molecule has 0 saturated carbocycles. The van der Waals surface area contributed by atoms with Gasteiger partial charge < -0.3 is 20.1 Å². The number of hydrogen-bond donors (Lipinski definition) is 2. The lowest BCUT2D eigenvalue weighted by Gasteiger charge is -2.31. The average molecular weight is 424 g/mol. The Balaban J connectivity index is 1.61. The largest absolute Gasteiger partial charge is 0.480 e. The van der Waals surface area contributed by atoms with Gasteiger partial charge in [-0.05, 0) is 35.6 Å². The summed E-state index contributed by atoms with van der Waals surface area (Å²) in [6.07, 6.45) is -0.158. The van der Waals surface area contributed by atoms with E-state index >= 15 is 0 Å². The van der Waals surface area contributed by atoms with E-state index in [2.05, 4.69) is 17.4 Å². The number of likely N-dealkylation sites (N-methyl/N-ethyl adjacent to an activating group) is 1. The van der Waals surface area contributed by atoms with Crippen molar-refractivity contribution < 1.29 is 24.2 Å². The van der Waals surface area contributed by atoms with E-state index in [1.165, 1.54) is 7.05 Å². The fraction of sp³-hybridized carbons (Fsp3) is 0.375. The minimum atomic E-state index is -1.08. The van der Waals surface area contributed by atoms with Gasteiger partial charge in [-0.3, -0.25) is 9.59 Å². The third kappa shape index (κ3) is 4.71. The molecule has 31 heavy (non-hydrogen) atoms. The van der Waals surface area contributed by atoms with Crippen LogP contribution in [0.25, 0.3) is 11.1 Å². The van der Waals surface area contributed by atoms with Gasteiger partial charge in [0.05, 0.1) is 5.41 Å². The highest BCUT2D eigenvalue weighted by Gasteiger charge is 2.35. The van der Waals surface area contributed by atoms with Gasteiger partial charge in [-0.15, -0.1) is 0 Å². The number of benzene rings is 2. The van der Waals surface area contributed by atoms with Crippen LogP contribution in [0, 0.1) is 5.41 Å². The number of nitrogens with one attached hydrogen (secondary N) is 1.